The highest BCUT2D eigenvalue weighted by Crippen LogP contribution is 2.23. The van der Waals surface area contributed by atoms with Crippen molar-refractivity contribution < 1.29 is 19.7 Å². The van der Waals surface area contributed by atoms with Crippen LogP contribution >= 0.6 is 0 Å². The zero-order valence-corrected chi connectivity index (χ0v) is 11.0. The fourth-order valence-electron chi connectivity index (χ4n) is 1.25. The fraction of sp³-hybridized carbons (Fsp3) is 0.417. The van der Waals surface area contributed by atoms with Gasteiger partial charge in [0.15, 0.2) is 0 Å². The lowest BCUT2D eigenvalue weighted by Gasteiger charge is -2.18. The van der Waals surface area contributed by atoms with Crippen LogP contribution in [0, 0.1) is 10.1 Å². The average Bonchev–Trinajstić information content (AvgIpc) is 2.28. The fourth-order valence-corrected chi connectivity index (χ4v) is 1.25. The quantitative estimate of drug-likeness (QED) is 0.639. The van der Waals surface area contributed by atoms with Crippen molar-refractivity contribution in [3.63, 3.8) is 0 Å². The number of phenolic OH excluding ortho intramolecular Hbond substituents is 1. The Morgan fingerprint density at radius 1 is 1.47 bits per heavy atom. The lowest BCUT2D eigenvalue weighted by molar-refractivity contribution is -0.384. The molecule has 0 fully saturated rings. The third kappa shape index (κ3) is 4.92. The molecule has 0 unspecified atom stereocenters. The number of hydrogen-bond acceptors (Lipinski definition) is 5. The van der Waals surface area contributed by atoms with Crippen molar-refractivity contribution >= 4 is 11.6 Å². The van der Waals surface area contributed by atoms with Crippen LogP contribution in [0.4, 0.5) is 5.69 Å². The molecule has 1 amide bonds. The van der Waals surface area contributed by atoms with Crippen LogP contribution in [-0.2, 0) is 16.1 Å². The van der Waals surface area contributed by atoms with Crippen molar-refractivity contribution in [3.8, 4) is 5.75 Å². The monoisotopic (exact) mass is 268 g/mol. The molecule has 0 heterocycles. The smallest absolute Gasteiger partial charge is 0.269 e. The molecule has 1 aromatic carbocycles. The Balaban J connectivity index is 2.73. The summed E-state index contributed by atoms with van der Waals surface area (Å²) in [5.74, 6) is -0.665. The van der Waals surface area contributed by atoms with Gasteiger partial charge in [-0.2, -0.15) is 0 Å². The summed E-state index contributed by atoms with van der Waals surface area (Å²) in [7, 11) is 0. The van der Waals surface area contributed by atoms with Crippen LogP contribution in [0.1, 0.15) is 26.3 Å². The molecule has 0 bridgehead atoms. The number of carbonyl (C=O) groups is 1. The van der Waals surface area contributed by atoms with Gasteiger partial charge in [-0.3, -0.25) is 19.7 Å². The van der Waals surface area contributed by atoms with Gasteiger partial charge in [-0.1, -0.05) is 0 Å². The zero-order chi connectivity index (χ0) is 14.6. The summed E-state index contributed by atoms with van der Waals surface area (Å²) < 4.78 is 0. The number of amides is 1. The molecule has 0 aliphatic carbocycles. The minimum atomic E-state index is -0.591. The molecule has 0 saturated carbocycles. The van der Waals surface area contributed by atoms with E-state index in [1.54, 1.807) is 20.8 Å². The lowest BCUT2D eigenvalue weighted by Crippen LogP contribution is -2.34. The first-order valence-electron chi connectivity index (χ1n) is 5.62. The molecule has 0 aliphatic heterocycles. The van der Waals surface area contributed by atoms with Gasteiger partial charge in [0, 0.05) is 17.7 Å². The second-order valence-electron chi connectivity index (χ2n) is 4.99. The summed E-state index contributed by atoms with van der Waals surface area (Å²) in [6.45, 7) is 5.29. The number of phenols is 1. The predicted octanol–water partition coefficient (Wildman–Crippen LogP) is 1.69. The number of carbonyl (C=O) groups excluding carboxylic acids is 1. The Morgan fingerprint density at radius 3 is 2.63 bits per heavy atom. The Bertz CT molecular complexity index is 493. The highest BCUT2D eigenvalue weighted by atomic mass is 16.7. The highest BCUT2D eigenvalue weighted by Gasteiger charge is 2.16. The number of nitrogens with zero attached hydrogens (tertiary/aromatic N) is 1. The highest BCUT2D eigenvalue weighted by molar-refractivity contribution is 5.78. The molecule has 1 aromatic rings. The Morgan fingerprint density at radius 2 is 2.11 bits per heavy atom. The lowest BCUT2D eigenvalue weighted by atomic mass is 10.1. The zero-order valence-electron chi connectivity index (χ0n) is 11.0. The topological polar surface area (TPSA) is 102 Å². The molecule has 0 radical (unpaired) electrons. The van der Waals surface area contributed by atoms with E-state index in [0.29, 0.717) is 0 Å². The number of nitro benzene ring substituents is 1. The molecule has 104 valence electrons. The first-order chi connectivity index (χ1) is 8.69. The number of hydrogen-bond donors (Lipinski definition) is 2. The second kappa shape index (κ2) is 5.66. The van der Waals surface area contributed by atoms with E-state index in [2.05, 4.69) is 5.48 Å². The molecule has 0 aromatic heterocycles. The summed E-state index contributed by atoms with van der Waals surface area (Å²) in [6.07, 6.45) is -0.205. The van der Waals surface area contributed by atoms with Gasteiger partial charge in [0.2, 0.25) is 5.91 Å². The summed E-state index contributed by atoms with van der Waals surface area (Å²) in [4.78, 5) is 26.7. The third-order valence-corrected chi connectivity index (χ3v) is 2.10. The largest absolute Gasteiger partial charge is 0.508 e. The maximum Gasteiger partial charge on any atom is 0.269 e. The van der Waals surface area contributed by atoms with E-state index < -0.39 is 16.4 Å². The Labute approximate surface area is 110 Å². The molecule has 7 heteroatoms. The van der Waals surface area contributed by atoms with Crippen molar-refractivity contribution in [2.24, 2.45) is 0 Å². The number of non-ortho nitro benzene ring substituents is 1. The molecule has 7 nitrogen and oxygen atoms in total. The molecular formula is C12H16N2O5. The number of hydroxylamine groups is 1. The normalized spacial score (nSPS) is 11.1. The first kappa shape index (κ1) is 14.9. The molecule has 0 spiro atoms. The molecule has 0 aliphatic rings. The van der Waals surface area contributed by atoms with Crippen molar-refractivity contribution in [2.45, 2.75) is 32.8 Å². The van der Waals surface area contributed by atoms with Gasteiger partial charge in [0.1, 0.15) is 5.75 Å². The van der Waals surface area contributed by atoms with E-state index in [1.807, 2.05) is 0 Å². The van der Waals surface area contributed by atoms with E-state index in [9.17, 15) is 20.0 Å². The molecule has 2 N–H and O–H groups in total. The third-order valence-electron chi connectivity index (χ3n) is 2.10. The van der Waals surface area contributed by atoms with Crippen LogP contribution in [-0.4, -0.2) is 21.5 Å². The second-order valence-corrected chi connectivity index (χ2v) is 4.99. The van der Waals surface area contributed by atoms with Crippen molar-refractivity contribution in [3.05, 3.63) is 33.9 Å². The van der Waals surface area contributed by atoms with Crippen molar-refractivity contribution in [1.29, 1.82) is 0 Å². The van der Waals surface area contributed by atoms with Gasteiger partial charge in [-0.15, -0.1) is 0 Å². The number of nitro groups is 1. The van der Waals surface area contributed by atoms with E-state index >= 15 is 0 Å². The van der Waals surface area contributed by atoms with Gasteiger partial charge in [0.05, 0.1) is 16.9 Å². The molecular weight excluding hydrogens is 252 g/mol. The number of benzene rings is 1. The Hall–Kier alpha value is -2.15. The van der Waals surface area contributed by atoms with Gasteiger partial charge >= 0.3 is 0 Å². The van der Waals surface area contributed by atoms with E-state index in [0.717, 1.165) is 6.07 Å². The van der Waals surface area contributed by atoms with Gasteiger partial charge < -0.3 is 5.11 Å². The van der Waals surface area contributed by atoms with Gasteiger partial charge in [-0.05, 0) is 26.8 Å². The van der Waals surface area contributed by atoms with Crippen LogP contribution in [0.2, 0.25) is 0 Å². The van der Waals surface area contributed by atoms with E-state index in [-0.39, 0.29) is 23.4 Å². The van der Waals surface area contributed by atoms with Crippen molar-refractivity contribution in [2.75, 3.05) is 0 Å². The first-order valence-corrected chi connectivity index (χ1v) is 5.62. The molecule has 1 rings (SSSR count). The van der Waals surface area contributed by atoms with E-state index in [1.165, 1.54) is 12.1 Å². The maximum absolute atomic E-state index is 11.6. The number of nitrogens with one attached hydrogen (secondary N) is 1. The van der Waals surface area contributed by atoms with Crippen LogP contribution < -0.4 is 5.48 Å². The maximum atomic E-state index is 11.6. The summed E-state index contributed by atoms with van der Waals surface area (Å²) in [5, 5.41) is 20.2. The number of aromatic hydroxyl groups is 1. The molecule has 0 atom stereocenters. The van der Waals surface area contributed by atoms with Gasteiger partial charge in [-0.25, -0.2) is 5.48 Å². The summed E-state index contributed by atoms with van der Waals surface area (Å²) in [6, 6.07) is 3.51. The summed E-state index contributed by atoms with van der Waals surface area (Å²) >= 11 is 0. The molecule has 19 heavy (non-hydrogen) atoms. The molecule has 0 saturated heterocycles. The minimum Gasteiger partial charge on any atom is -0.508 e. The van der Waals surface area contributed by atoms with Crippen LogP contribution in [0.3, 0.4) is 0 Å². The minimum absolute atomic E-state index is 0.170. The predicted molar refractivity (Wildman–Crippen MR) is 67.4 cm³/mol. The summed E-state index contributed by atoms with van der Waals surface area (Å²) in [5.41, 5.74) is 1.67. The van der Waals surface area contributed by atoms with Crippen LogP contribution in [0.5, 0.6) is 5.75 Å². The standard InChI is InChI=1S/C12H16N2O5/c1-12(2,3)19-13-11(16)7-8-6-9(14(17)18)4-5-10(8)15/h4-6,15H,7H2,1-3H3,(H,13,16). The van der Waals surface area contributed by atoms with Crippen LogP contribution in [0.15, 0.2) is 18.2 Å². The van der Waals surface area contributed by atoms with Crippen LogP contribution in [0.25, 0.3) is 0 Å². The SMILES string of the molecule is CC(C)(C)ONC(=O)Cc1cc([N+](=O)[O-])ccc1O. The Kier molecular flexibility index (Phi) is 4.44. The van der Waals surface area contributed by atoms with Crippen molar-refractivity contribution in [1.82, 2.24) is 5.48 Å². The number of rotatable bonds is 4. The average molecular weight is 268 g/mol. The van der Waals surface area contributed by atoms with E-state index in [4.69, 9.17) is 4.84 Å². The van der Waals surface area contributed by atoms with Gasteiger partial charge in [0.25, 0.3) is 5.69 Å².